The second-order valence-corrected chi connectivity index (χ2v) is 15.4. The first kappa shape index (κ1) is 27.4. The maximum Gasteiger partial charge on any atom is 0.139 e. The second kappa shape index (κ2) is 11.9. The molecule has 0 N–H and O–H groups in total. The quantitative estimate of drug-likeness (QED) is 0.185. The molecule has 0 saturated carbocycles. The zero-order valence-electron chi connectivity index (χ0n) is 37.1. The van der Waals surface area contributed by atoms with Gasteiger partial charge in [-0.15, -0.1) is 0 Å². The van der Waals surface area contributed by atoms with E-state index in [1.165, 1.54) is 0 Å². The topological polar surface area (TPSA) is 27.7 Å². The van der Waals surface area contributed by atoms with Gasteiger partial charge in [0.1, 0.15) is 34.2 Å². The molecular weight excluding hydrogens is 637 g/mol. The number of aryl methyl sites for hydroxylation is 2. The summed E-state index contributed by atoms with van der Waals surface area (Å²) in [4.78, 5) is 0. The minimum Gasteiger partial charge on any atom is -0.483 e. The molecule has 6 aromatic carbocycles. The number of para-hydroxylation sites is 4. The fraction of sp³-hybridized carbons (Fsp3) is 0.265. The van der Waals surface area contributed by atoms with E-state index in [1.807, 2.05) is 114 Å². The molecule has 0 bridgehead atoms. The molecule has 3 heteroatoms. The first-order valence-electron chi connectivity index (χ1n) is 20.9. The van der Waals surface area contributed by atoms with Gasteiger partial charge in [-0.3, -0.25) is 0 Å². The summed E-state index contributed by atoms with van der Waals surface area (Å²) in [5, 5.41) is 0. The summed E-state index contributed by atoms with van der Waals surface area (Å²) in [5.41, 5.74) is 6.96. The normalized spacial score (nSPS) is 20.1. The summed E-state index contributed by atoms with van der Waals surface area (Å²) in [5.74, 6) is 2.26. The molecule has 6 aromatic rings. The van der Waals surface area contributed by atoms with Crippen LogP contribution in [-0.4, -0.2) is 0 Å². The van der Waals surface area contributed by atoms with Gasteiger partial charge in [-0.25, -0.2) is 0 Å². The highest BCUT2D eigenvalue weighted by molar-refractivity contribution is 5.89. The molecule has 0 spiro atoms. The molecular formula is C49H48O3. The summed E-state index contributed by atoms with van der Waals surface area (Å²) in [6.45, 7) is 10.9. The van der Waals surface area contributed by atoms with Crippen LogP contribution >= 0.6 is 0 Å². The van der Waals surface area contributed by atoms with Gasteiger partial charge in [-0.05, 0) is 112 Å². The Kier molecular flexibility index (Phi) is 6.26. The minimum absolute atomic E-state index is 0.170. The van der Waals surface area contributed by atoms with Crippen LogP contribution in [-0.2, 0) is 16.6 Å². The second-order valence-electron chi connectivity index (χ2n) is 15.4. The van der Waals surface area contributed by atoms with Crippen molar-refractivity contribution in [2.75, 3.05) is 0 Å². The van der Waals surface area contributed by atoms with Gasteiger partial charge in [-0.2, -0.15) is 0 Å². The Bertz CT molecular complexity index is 2630. The van der Waals surface area contributed by atoms with Crippen LogP contribution in [0, 0.1) is 27.6 Å². The van der Waals surface area contributed by atoms with Crippen LogP contribution < -0.4 is 14.2 Å². The summed E-state index contributed by atoms with van der Waals surface area (Å²) in [6.07, 6.45) is 0. The van der Waals surface area contributed by atoms with Gasteiger partial charge in [0.25, 0.3) is 0 Å². The Labute approximate surface area is 317 Å². The molecule has 1 atom stereocenters. The standard InChI is InChI=1S/C49H48O3/c1-29-25-27-33(31(3)43(29)35-17-15-21-39-45(35)50-41-23-13-11-19-37(41)47(39,5)6)34-28-26-30(2)44(32(34)4)36-18-16-22-40-46(36)52-48(7,8)38-20-12-14-24-42(38)51-49(40,9)10/h11-28H,1-10H3/i3D3,5D3. The molecule has 2 heterocycles. The third kappa shape index (κ3) is 5.16. The largest absolute Gasteiger partial charge is 0.483 e. The lowest BCUT2D eigenvalue weighted by Crippen LogP contribution is -2.35. The Morgan fingerprint density at radius 1 is 0.462 bits per heavy atom. The van der Waals surface area contributed by atoms with Crippen LogP contribution in [0.4, 0.5) is 0 Å². The van der Waals surface area contributed by atoms with Crippen LogP contribution in [0.3, 0.4) is 0 Å². The minimum atomic E-state index is -2.57. The average molecular weight is 691 g/mol. The molecule has 8 rings (SSSR count). The van der Waals surface area contributed by atoms with Crippen molar-refractivity contribution in [3.63, 3.8) is 0 Å². The number of hydrogen-bond acceptors (Lipinski definition) is 3. The fourth-order valence-electron chi connectivity index (χ4n) is 8.30. The van der Waals surface area contributed by atoms with Crippen molar-refractivity contribution in [1.29, 1.82) is 0 Å². The summed E-state index contributed by atoms with van der Waals surface area (Å²) in [7, 11) is 0. The summed E-state index contributed by atoms with van der Waals surface area (Å²) in [6, 6.07) is 34.6. The third-order valence-corrected chi connectivity index (χ3v) is 11.0. The monoisotopic (exact) mass is 690 g/mol. The number of hydrogen-bond donors (Lipinski definition) is 0. The zero-order valence-corrected chi connectivity index (χ0v) is 31.1. The van der Waals surface area contributed by atoms with Gasteiger partial charge in [0.15, 0.2) is 0 Å². The first-order chi connectivity index (χ1) is 27.2. The Balaban J connectivity index is 1.36. The SMILES string of the molecule is [2H]C([2H])([2H])c1c(-c2ccc(C)c(-c3cccc4c3OC(C)(C)c3ccccc3OC4(C)C)c2C)ccc(C)c1-c1cccc2c1Oc1ccccc1C2(C)C([2H])([2H])[2H]. The molecule has 0 saturated heterocycles. The van der Waals surface area contributed by atoms with Crippen LogP contribution in [0.1, 0.15) is 94.2 Å². The van der Waals surface area contributed by atoms with E-state index in [4.69, 9.17) is 22.4 Å². The first-order valence-corrected chi connectivity index (χ1v) is 17.9. The van der Waals surface area contributed by atoms with Crippen molar-refractivity contribution in [2.24, 2.45) is 0 Å². The van der Waals surface area contributed by atoms with Crippen LogP contribution in [0.5, 0.6) is 23.0 Å². The predicted molar refractivity (Wildman–Crippen MR) is 214 cm³/mol. The van der Waals surface area contributed by atoms with E-state index in [0.29, 0.717) is 45.1 Å². The van der Waals surface area contributed by atoms with E-state index in [-0.39, 0.29) is 5.56 Å². The number of fused-ring (bicyclic) bond motifs is 4. The lowest BCUT2D eigenvalue weighted by atomic mass is 9.74. The summed E-state index contributed by atoms with van der Waals surface area (Å²) >= 11 is 0. The van der Waals surface area contributed by atoms with Crippen molar-refractivity contribution in [2.45, 2.75) is 85.7 Å². The highest BCUT2D eigenvalue weighted by atomic mass is 16.5. The highest BCUT2D eigenvalue weighted by Crippen LogP contribution is 2.53. The molecule has 1 unspecified atom stereocenters. The lowest BCUT2D eigenvalue weighted by Gasteiger charge is -2.39. The van der Waals surface area contributed by atoms with Gasteiger partial charge < -0.3 is 14.2 Å². The predicted octanol–water partition coefficient (Wildman–Crippen LogP) is 13.3. The van der Waals surface area contributed by atoms with Crippen molar-refractivity contribution >= 4 is 0 Å². The molecule has 262 valence electrons. The maximum absolute atomic E-state index is 9.10. The number of rotatable bonds is 3. The van der Waals surface area contributed by atoms with Gasteiger partial charge in [0.05, 0.1) is 0 Å². The smallest absolute Gasteiger partial charge is 0.139 e. The fourth-order valence-corrected chi connectivity index (χ4v) is 8.30. The van der Waals surface area contributed by atoms with Crippen LogP contribution in [0.2, 0.25) is 0 Å². The van der Waals surface area contributed by atoms with Crippen molar-refractivity contribution in [3.8, 4) is 56.4 Å². The van der Waals surface area contributed by atoms with Crippen LogP contribution in [0.25, 0.3) is 33.4 Å². The van der Waals surface area contributed by atoms with Crippen molar-refractivity contribution in [1.82, 2.24) is 0 Å². The summed E-state index contributed by atoms with van der Waals surface area (Å²) < 4.78 is 74.0. The molecule has 2 aliphatic rings. The lowest BCUT2D eigenvalue weighted by molar-refractivity contribution is 0.0526. The van der Waals surface area contributed by atoms with E-state index < -0.39 is 30.3 Å². The molecule has 0 aliphatic carbocycles. The Morgan fingerprint density at radius 3 is 1.67 bits per heavy atom. The van der Waals surface area contributed by atoms with E-state index >= 15 is 0 Å². The Morgan fingerprint density at radius 2 is 1.00 bits per heavy atom. The van der Waals surface area contributed by atoms with Crippen LogP contribution in [0.15, 0.2) is 109 Å². The highest BCUT2D eigenvalue weighted by Gasteiger charge is 2.39. The molecule has 52 heavy (non-hydrogen) atoms. The van der Waals surface area contributed by atoms with Gasteiger partial charge in [0.2, 0.25) is 0 Å². The van der Waals surface area contributed by atoms with E-state index in [2.05, 4.69) is 19.1 Å². The zero-order chi connectivity index (χ0) is 41.7. The third-order valence-electron chi connectivity index (χ3n) is 11.0. The van der Waals surface area contributed by atoms with Crippen molar-refractivity contribution in [3.05, 3.63) is 154 Å². The molecule has 0 aromatic heterocycles. The molecule has 0 radical (unpaired) electrons. The number of ether oxygens (including phenoxy) is 3. The maximum atomic E-state index is 9.10. The molecule has 3 nitrogen and oxygen atoms in total. The average Bonchev–Trinajstić information content (AvgIpc) is 3.14. The van der Waals surface area contributed by atoms with Gasteiger partial charge in [-0.1, -0.05) is 111 Å². The van der Waals surface area contributed by atoms with Gasteiger partial charge >= 0.3 is 0 Å². The Hall–Kier alpha value is -5.28. The van der Waals surface area contributed by atoms with E-state index in [1.54, 1.807) is 31.2 Å². The van der Waals surface area contributed by atoms with E-state index in [9.17, 15) is 0 Å². The number of benzene rings is 6. The van der Waals surface area contributed by atoms with Crippen molar-refractivity contribution < 1.29 is 22.4 Å². The van der Waals surface area contributed by atoms with Gasteiger partial charge in [0, 0.05) is 47.0 Å². The molecule has 2 aliphatic heterocycles. The molecule has 0 fully saturated rings. The molecule has 0 amide bonds. The van der Waals surface area contributed by atoms with E-state index in [0.717, 1.165) is 50.3 Å².